The Labute approximate surface area is 158 Å². The van der Waals surface area contributed by atoms with E-state index in [0.717, 1.165) is 55.5 Å². The summed E-state index contributed by atoms with van der Waals surface area (Å²) in [5.74, 6) is 0.357. The van der Waals surface area contributed by atoms with Crippen LogP contribution in [0.25, 0.3) is 11.0 Å². The number of para-hydroxylation sites is 1. The average Bonchev–Trinajstić information content (AvgIpc) is 3.03. The molecule has 2 bridgehead atoms. The molecule has 140 valence electrons. The lowest BCUT2D eigenvalue weighted by Crippen LogP contribution is -2.58. The van der Waals surface area contributed by atoms with Crippen LogP contribution in [0.4, 0.5) is 0 Å². The zero-order valence-corrected chi connectivity index (χ0v) is 15.3. The van der Waals surface area contributed by atoms with Gasteiger partial charge in [-0.2, -0.15) is 0 Å². The number of aliphatic hydroxyl groups is 1. The van der Waals surface area contributed by atoms with E-state index < -0.39 is 5.60 Å². The fourth-order valence-corrected chi connectivity index (χ4v) is 5.35. The van der Waals surface area contributed by atoms with Gasteiger partial charge in [-0.15, -0.1) is 0 Å². The topological polar surface area (TPSA) is 72.1 Å². The second-order valence-corrected chi connectivity index (χ2v) is 8.14. The molecule has 5 nitrogen and oxygen atoms in total. The highest BCUT2D eigenvalue weighted by Gasteiger charge is 2.52. The number of nitrogens with one attached hydrogen (secondary N) is 2. The highest BCUT2D eigenvalue weighted by molar-refractivity contribution is 5.79. The molecule has 1 aliphatic heterocycles. The van der Waals surface area contributed by atoms with E-state index in [1.807, 2.05) is 24.3 Å². The first-order valence-electron chi connectivity index (χ1n) is 9.85. The summed E-state index contributed by atoms with van der Waals surface area (Å²) in [6.07, 6.45) is 3.20. The van der Waals surface area contributed by atoms with Crippen LogP contribution in [0.15, 0.2) is 53.3 Å². The van der Waals surface area contributed by atoms with Crippen molar-refractivity contribution in [2.45, 2.75) is 31.4 Å². The summed E-state index contributed by atoms with van der Waals surface area (Å²) in [5, 5.41) is 12.0. The first kappa shape index (κ1) is 16.8. The van der Waals surface area contributed by atoms with Crippen molar-refractivity contribution >= 4 is 11.0 Å². The molecule has 1 saturated carbocycles. The van der Waals surface area contributed by atoms with Crippen molar-refractivity contribution in [1.29, 1.82) is 0 Å². The van der Waals surface area contributed by atoms with Crippen LogP contribution in [0.2, 0.25) is 0 Å². The number of aromatic amines is 2. The number of H-pyrrole nitrogens is 2. The number of piperidine rings is 1. The largest absolute Gasteiger partial charge is 0.384 e. The number of imidazole rings is 1. The van der Waals surface area contributed by atoms with Crippen molar-refractivity contribution in [3.05, 3.63) is 70.1 Å². The number of fused-ring (bicyclic) bond motifs is 3. The second kappa shape index (κ2) is 6.36. The van der Waals surface area contributed by atoms with Crippen LogP contribution in [-0.2, 0) is 12.1 Å². The number of hydrogen-bond donors (Lipinski definition) is 3. The third kappa shape index (κ3) is 2.73. The molecule has 3 aromatic rings. The predicted molar refractivity (Wildman–Crippen MR) is 105 cm³/mol. The summed E-state index contributed by atoms with van der Waals surface area (Å²) in [7, 11) is 0. The molecule has 0 spiro atoms. The molecule has 2 aliphatic rings. The van der Waals surface area contributed by atoms with Crippen molar-refractivity contribution in [3.8, 4) is 0 Å². The van der Waals surface area contributed by atoms with Gasteiger partial charge in [0.2, 0.25) is 0 Å². The molecule has 2 heterocycles. The second-order valence-electron chi connectivity index (χ2n) is 8.14. The van der Waals surface area contributed by atoms with Crippen LogP contribution in [0.5, 0.6) is 0 Å². The van der Waals surface area contributed by atoms with Crippen molar-refractivity contribution in [2.24, 2.45) is 11.8 Å². The Bertz CT molecular complexity index is 993. The summed E-state index contributed by atoms with van der Waals surface area (Å²) in [4.78, 5) is 20.0. The molecule has 5 heteroatoms. The van der Waals surface area contributed by atoms with Crippen LogP contribution >= 0.6 is 0 Å². The Kier molecular flexibility index (Phi) is 3.95. The Morgan fingerprint density at radius 3 is 2.48 bits per heavy atom. The zero-order chi connectivity index (χ0) is 18.4. The predicted octanol–water partition coefficient (Wildman–Crippen LogP) is 2.98. The van der Waals surface area contributed by atoms with E-state index in [4.69, 9.17) is 0 Å². The van der Waals surface area contributed by atoms with Gasteiger partial charge in [0, 0.05) is 37.0 Å². The number of nitrogens with zero attached hydrogens (tertiary/aromatic N) is 1. The molecular weight excluding hydrogens is 338 g/mol. The van der Waals surface area contributed by atoms with Crippen molar-refractivity contribution < 1.29 is 5.11 Å². The van der Waals surface area contributed by atoms with E-state index in [0.29, 0.717) is 0 Å². The molecule has 5 rings (SSSR count). The van der Waals surface area contributed by atoms with Gasteiger partial charge >= 0.3 is 5.69 Å². The number of likely N-dealkylation sites (tertiary alicyclic amines) is 1. The lowest BCUT2D eigenvalue weighted by Gasteiger charge is -2.53. The quantitative estimate of drug-likeness (QED) is 0.670. The van der Waals surface area contributed by atoms with E-state index in [-0.39, 0.29) is 17.5 Å². The summed E-state index contributed by atoms with van der Waals surface area (Å²) in [5.41, 5.74) is 2.64. The standard InChI is InChI=1S/C22H25N3O2/c26-21-23-19-11-5-10-18(20(19)24-21)22(27)16-8-4-9-17(22)14-25(13-16)12-15-6-2-1-3-7-15/h1-3,5-7,10-11,16-17,27H,4,8-9,12-14H2,(H2,23,24,26). The number of hydrogen-bond acceptors (Lipinski definition) is 3. The van der Waals surface area contributed by atoms with Crippen molar-refractivity contribution in [2.75, 3.05) is 13.1 Å². The summed E-state index contributed by atoms with van der Waals surface area (Å²) in [6, 6.07) is 16.4. The first-order valence-corrected chi connectivity index (χ1v) is 9.85. The Morgan fingerprint density at radius 1 is 1.00 bits per heavy atom. The number of rotatable bonds is 3. The molecule has 1 aliphatic carbocycles. The highest BCUT2D eigenvalue weighted by Crippen LogP contribution is 2.50. The van der Waals surface area contributed by atoms with Gasteiger partial charge in [0.15, 0.2) is 0 Å². The molecule has 2 unspecified atom stereocenters. The molecule has 2 fully saturated rings. The minimum atomic E-state index is -0.879. The molecule has 1 saturated heterocycles. The lowest BCUT2D eigenvalue weighted by atomic mass is 9.62. The fourth-order valence-electron chi connectivity index (χ4n) is 5.35. The summed E-state index contributed by atoms with van der Waals surface area (Å²) < 4.78 is 0. The molecule has 3 N–H and O–H groups in total. The zero-order valence-electron chi connectivity index (χ0n) is 15.3. The molecule has 0 radical (unpaired) electrons. The molecule has 2 aromatic carbocycles. The van der Waals surface area contributed by atoms with Gasteiger partial charge in [0.05, 0.1) is 16.6 Å². The maximum atomic E-state index is 12.0. The van der Waals surface area contributed by atoms with Crippen LogP contribution in [0, 0.1) is 11.8 Å². The van der Waals surface area contributed by atoms with Gasteiger partial charge in [-0.3, -0.25) is 4.90 Å². The van der Waals surface area contributed by atoms with E-state index in [9.17, 15) is 9.90 Å². The van der Waals surface area contributed by atoms with E-state index >= 15 is 0 Å². The molecule has 27 heavy (non-hydrogen) atoms. The fraction of sp³-hybridized carbons (Fsp3) is 0.409. The number of aromatic nitrogens is 2. The molecule has 0 amide bonds. The molecular formula is C22H25N3O2. The Balaban J connectivity index is 1.51. The SMILES string of the molecule is O=c1[nH]c2cccc(C3(O)C4CCCC3CN(Cc3ccccc3)C4)c2[nH]1. The third-order valence-electron chi connectivity index (χ3n) is 6.54. The minimum Gasteiger partial charge on any atom is -0.384 e. The first-order chi connectivity index (χ1) is 13.1. The van der Waals surface area contributed by atoms with Crippen LogP contribution in [0.1, 0.15) is 30.4 Å². The average molecular weight is 363 g/mol. The van der Waals surface area contributed by atoms with Crippen LogP contribution in [0.3, 0.4) is 0 Å². The maximum absolute atomic E-state index is 12.0. The Morgan fingerprint density at radius 2 is 1.74 bits per heavy atom. The normalized spacial score (nSPS) is 28.5. The molecule has 1 aromatic heterocycles. The smallest absolute Gasteiger partial charge is 0.323 e. The van der Waals surface area contributed by atoms with Crippen molar-refractivity contribution in [3.63, 3.8) is 0 Å². The van der Waals surface area contributed by atoms with Crippen LogP contribution in [-0.4, -0.2) is 33.1 Å². The van der Waals surface area contributed by atoms with Crippen molar-refractivity contribution in [1.82, 2.24) is 14.9 Å². The molecule has 2 atom stereocenters. The van der Waals surface area contributed by atoms with Crippen LogP contribution < -0.4 is 5.69 Å². The van der Waals surface area contributed by atoms with Gasteiger partial charge < -0.3 is 15.1 Å². The highest BCUT2D eigenvalue weighted by atomic mass is 16.3. The van der Waals surface area contributed by atoms with Gasteiger partial charge in [0.25, 0.3) is 0 Å². The monoisotopic (exact) mass is 363 g/mol. The van der Waals surface area contributed by atoms with Gasteiger partial charge in [-0.25, -0.2) is 4.79 Å². The van der Waals surface area contributed by atoms with Gasteiger partial charge in [-0.1, -0.05) is 48.9 Å². The Hall–Kier alpha value is -2.37. The summed E-state index contributed by atoms with van der Waals surface area (Å²) >= 11 is 0. The lowest BCUT2D eigenvalue weighted by molar-refractivity contribution is -0.147. The minimum absolute atomic E-state index is 0.178. The van der Waals surface area contributed by atoms with E-state index in [1.54, 1.807) is 0 Å². The summed E-state index contributed by atoms with van der Waals surface area (Å²) in [6.45, 7) is 2.69. The maximum Gasteiger partial charge on any atom is 0.323 e. The third-order valence-corrected chi connectivity index (χ3v) is 6.54. The van der Waals surface area contributed by atoms with E-state index in [1.165, 1.54) is 5.56 Å². The van der Waals surface area contributed by atoms with Gasteiger partial charge in [0.1, 0.15) is 0 Å². The number of benzene rings is 2. The van der Waals surface area contributed by atoms with Gasteiger partial charge in [-0.05, 0) is 24.5 Å². The van der Waals surface area contributed by atoms with E-state index in [2.05, 4.69) is 39.1 Å².